The lowest BCUT2D eigenvalue weighted by molar-refractivity contribution is 0.00732. The number of carbonyl (C=O) groups is 1. The summed E-state index contributed by atoms with van der Waals surface area (Å²) in [6, 6.07) is 0. The van der Waals surface area contributed by atoms with Crippen LogP contribution < -0.4 is 0 Å². The van der Waals surface area contributed by atoms with Crippen molar-refractivity contribution in [1.82, 2.24) is 4.90 Å². The van der Waals surface area contributed by atoms with Crippen LogP contribution in [0, 0.1) is 11.3 Å². The van der Waals surface area contributed by atoms with E-state index in [1.54, 1.807) is 0 Å². The lowest BCUT2D eigenvalue weighted by atomic mass is 9.67. The molecule has 110 valence electrons. The van der Waals surface area contributed by atoms with Gasteiger partial charge in [-0.25, -0.2) is 4.79 Å². The highest BCUT2D eigenvalue weighted by atomic mass is 16.6. The van der Waals surface area contributed by atoms with Gasteiger partial charge in [0, 0.05) is 12.1 Å². The van der Waals surface area contributed by atoms with Crippen molar-refractivity contribution in [2.75, 3.05) is 6.54 Å². The van der Waals surface area contributed by atoms with E-state index in [2.05, 4.69) is 20.8 Å². The molecule has 1 aliphatic heterocycles. The highest BCUT2D eigenvalue weighted by Crippen LogP contribution is 2.54. The predicted octanol–water partition coefficient (Wildman–Crippen LogP) is 4.21. The van der Waals surface area contributed by atoms with Crippen LogP contribution in [0.4, 0.5) is 4.79 Å². The maximum atomic E-state index is 12.4. The molecule has 1 heterocycles. The van der Waals surface area contributed by atoms with Crippen LogP contribution in [0.25, 0.3) is 0 Å². The van der Waals surface area contributed by atoms with Crippen LogP contribution in [0.3, 0.4) is 0 Å². The summed E-state index contributed by atoms with van der Waals surface area (Å²) < 4.78 is 5.60. The fraction of sp³-hybridized carbons (Fsp3) is 0.938. The van der Waals surface area contributed by atoms with E-state index in [0.717, 1.165) is 25.3 Å². The summed E-state index contributed by atoms with van der Waals surface area (Å²) in [6.45, 7) is 13.5. The van der Waals surface area contributed by atoms with Gasteiger partial charge in [-0.3, -0.25) is 0 Å². The number of carbonyl (C=O) groups excluding carboxylic acids is 1. The Morgan fingerprint density at radius 1 is 1.32 bits per heavy atom. The van der Waals surface area contributed by atoms with Gasteiger partial charge in [-0.15, -0.1) is 0 Å². The summed E-state index contributed by atoms with van der Waals surface area (Å²) in [5, 5.41) is 0. The molecule has 3 atom stereocenters. The Labute approximate surface area is 117 Å². The van der Waals surface area contributed by atoms with Gasteiger partial charge in [-0.2, -0.15) is 0 Å². The highest BCUT2D eigenvalue weighted by Gasteiger charge is 2.55. The van der Waals surface area contributed by atoms with E-state index in [-0.39, 0.29) is 17.0 Å². The molecule has 3 nitrogen and oxygen atoms in total. The number of rotatable bonds is 1. The van der Waals surface area contributed by atoms with Crippen molar-refractivity contribution in [3.05, 3.63) is 0 Å². The Hall–Kier alpha value is -0.730. The number of likely N-dealkylation sites (tertiary alicyclic amines) is 1. The van der Waals surface area contributed by atoms with Crippen LogP contribution >= 0.6 is 0 Å². The van der Waals surface area contributed by atoms with Crippen LogP contribution in [0.5, 0.6) is 0 Å². The van der Waals surface area contributed by atoms with E-state index in [4.69, 9.17) is 4.74 Å². The van der Waals surface area contributed by atoms with Crippen LogP contribution in [-0.4, -0.2) is 28.7 Å². The molecule has 1 saturated heterocycles. The summed E-state index contributed by atoms with van der Waals surface area (Å²) >= 11 is 0. The van der Waals surface area contributed by atoms with E-state index in [1.165, 1.54) is 12.8 Å². The molecule has 0 aromatic carbocycles. The van der Waals surface area contributed by atoms with Crippen LogP contribution in [0.15, 0.2) is 0 Å². The minimum atomic E-state index is -0.408. The molecule has 3 unspecified atom stereocenters. The molecule has 3 heteroatoms. The quantitative estimate of drug-likeness (QED) is 0.712. The molecule has 2 bridgehead atoms. The van der Waals surface area contributed by atoms with E-state index in [0.29, 0.717) is 0 Å². The molecule has 19 heavy (non-hydrogen) atoms. The second-order valence-electron chi connectivity index (χ2n) is 8.23. The third-order valence-electron chi connectivity index (χ3n) is 4.70. The summed E-state index contributed by atoms with van der Waals surface area (Å²) in [4.78, 5) is 14.5. The maximum Gasteiger partial charge on any atom is 0.410 e. The van der Waals surface area contributed by atoms with Gasteiger partial charge in [0.25, 0.3) is 0 Å². The number of amides is 1. The lowest BCUT2D eigenvalue weighted by Crippen LogP contribution is -2.48. The van der Waals surface area contributed by atoms with Gasteiger partial charge in [0.2, 0.25) is 0 Å². The van der Waals surface area contributed by atoms with Crippen molar-refractivity contribution in [2.45, 2.75) is 78.4 Å². The number of nitrogens with zero attached hydrogens (tertiary/aromatic N) is 1. The first kappa shape index (κ1) is 14.7. The zero-order valence-electron chi connectivity index (χ0n) is 13.4. The second-order valence-corrected chi connectivity index (χ2v) is 8.23. The smallest absolute Gasteiger partial charge is 0.410 e. The molecule has 0 spiro atoms. The van der Waals surface area contributed by atoms with Gasteiger partial charge in [-0.05, 0) is 58.3 Å². The van der Waals surface area contributed by atoms with E-state index in [9.17, 15) is 4.79 Å². The van der Waals surface area contributed by atoms with Gasteiger partial charge in [-0.1, -0.05) is 20.3 Å². The van der Waals surface area contributed by atoms with Gasteiger partial charge in [0.15, 0.2) is 0 Å². The summed E-state index contributed by atoms with van der Waals surface area (Å²) in [5.41, 5.74) is -0.129. The highest BCUT2D eigenvalue weighted by molar-refractivity contribution is 5.70. The largest absolute Gasteiger partial charge is 0.444 e. The zero-order valence-corrected chi connectivity index (χ0v) is 13.4. The summed E-state index contributed by atoms with van der Waals surface area (Å²) in [7, 11) is 0. The molecule has 0 aromatic rings. The van der Waals surface area contributed by atoms with Crippen LogP contribution in [0.1, 0.15) is 67.2 Å². The molecular weight excluding hydrogens is 238 g/mol. The summed E-state index contributed by atoms with van der Waals surface area (Å²) in [6.07, 6.45) is 4.58. The van der Waals surface area contributed by atoms with Gasteiger partial charge >= 0.3 is 6.09 Å². The number of hydrogen-bond donors (Lipinski definition) is 0. The minimum absolute atomic E-state index is 0.00396. The first-order valence-electron chi connectivity index (χ1n) is 7.58. The molecule has 2 fully saturated rings. The molecule has 1 amide bonds. The zero-order chi connectivity index (χ0) is 14.5. The number of hydrogen-bond acceptors (Lipinski definition) is 2. The second kappa shape index (κ2) is 4.39. The van der Waals surface area contributed by atoms with Crippen molar-refractivity contribution >= 4 is 6.09 Å². The molecular formula is C16H29NO2. The molecule has 0 aromatic heterocycles. The molecule has 2 aliphatic rings. The Morgan fingerprint density at radius 2 is 1.95 bits per heavy atom. The van der Waals surface area contributed by atoms with Gasteiger partial charge < -0.3 is 9.64 Å². The fourth-order valence-corrected chi connectivity index (χ4v) is 4.24. The molecule has 1 aliphatic carbocycles. The number of fused-ring (bicyclic) bond motifs is 2. The van der Waals surface area contributed by atoms with E-state index < -0.39 is 5.60 Å². The molecule has 2 rings (SSSR count). The van der Waals surface area contributed by atoms with Crippen molar-refractivity contribution in [3.63, 3.8) is 0 Å². The first-order chi connectivity index (χ1) is 8.57. The Balaban J connectivity index is 2.18. The van der Waals surface area contributed by atoms with Crippen molar-refractivity contribution in [3.8, 4) is 0 Å². The summed E-state index contributed by atoms with van der Waals surface area (Å²) in [5.74, 6) is 0.746. The standard InChI is InChI=1S/C16H29NO2/c1-7-12-8-15(5)10-16(6,9-12)17(11-15)13(18)19-14(2,3)4/h12H,7-11H2,1-6H3. The Kier molecular flexibility index (Phi) is 3.39. The van der Waals surface area contributed by atoms with Crippen molar-refractivity contribution < 1.29 is 9.53 Å². The third-order valence-corrected chi connectivity index (χ3v) is 4.70. The Morgan fingerprint density at radius 3 is 2.47 bits per heavy atom. The van der Waals surface area contributed by atoms with Gasteiger partial charge in [0.1, 0.15) is 5.60 Å². The molecule has 1 saturated carbocycles. The van der Waals surface area contributed by atoms with Crippen molar-refractivity contribution in [2.24, 2.45) is 11.3 Å². The van der Waals surface area contributed by atoms with Gasteiger partial charge in [0.05, 0.1) is 0 Å². The fourth-order valence-electron chi connectivity index (χ4n) is 4.24. The third kappa shape index (κ3) is 2.90. The normalized spacial score (nSPS) is 38.4. The first-order valence-corrected chi connectivity index (χ1v) is 7.58. The molecule has 0 N–H and O–H groups in total. The Bertz CT molecular complexity index is 373. The predicted molar refractivity (Wildman–Crippen MR) is 77.1 cm³/mol. The molecule has 0 radical (unpaired) electrons. The SMILES string of the molecule is CCC1CC2(C)CN(C(=O)OC(C)(C)C)C(C)(C1)C2. The van der Waals surface area contributed by atoms with E-state index >= 15 is 0 Å². The van der Waals surface area contributed by atoms with Crippen LogP contribution in [-0.2, 0) is 4.74 Å². The average Bonchev–Trinajstić information content (AvgIpc) is 2.41. The van der Waals surface area contributed by atoms with E-state index in [1.807, 2.05) is 25.7 Å². The lowest BCUT2D eigenvalue weighted by Gasteiger charge is -2.41. The van der Waals surface area contributed by atoms with Crippen LogP contribution in [0.2, 0.25) is 0 Å². The topological polar surface area (TPSA) is 29.5 Å². The minimum Gasteiger partial charge on any atom is -0.444 e. The number of ether oxygens (including phenoxy) is 1. The monoisotopic (exact) mass is 267 g/mol. The van der Waals surface area contributed by atoms with Crippen molar-refractivity contribution in [1.29, 1.82) is 0 Å². The average molecular weight is 267 g/mol. The maximum absolute atomic E-state index is 12.4.